The van der Waals surface area contributed by atoms with Crippen molar-refractivity contribution in [2.45, 2.75) is 78.4 Å². The topological polar surface area (TPSA) is 88.1 Å². The van der Waals surface area contributed by atoms with Gasteiger partial charge in [-0.05, 0) is 92.8 Å². The standard InChI is InChI=1S/C34H40O7/c1-5-7-8-9-10-24(3)39-33(36)29-17-21-31(22-18-29)41-34(37)28-13-11-26(12-14-28)27-15-19-30(20-16-27)40-32(35)25(4)38-23-6-2/h11-22,24-25H,5-10,23H2,1-4H3/t24-,25-/m0/s1. The molecule has 0 aliphatic heterocycles. The second kappa shape index (κ2) is 16.3. The van der Waals surface area contributed by atoms with Crippen molar-refractivity contribution >= 4 is 17.9 Å². The first-order valence-corrected chi connectivity index (χ1v) is 14.4. The van der Waals surface area contributed by atoms with Crippen molar-refractivity contribution in [3.05, 3.63) is 83.9 Å². The lowest BCUT2D eigenvalue weighted by atomic mass is 10.0. The molecule has 0 saturated heterocycles. The molecule has 0 N–H and O–H groups in total. The van der Waals surface area contributed by atoms with Crippen LogP contribution in [0.4, 0.5) is 0 Å². The van der Waals surface area contributed by atoms with Gasteiger partial charge in [0.2, 0.25) is 0 Å². The molecule has 0 amide bonds. The van der Waals surface area contributed by atoms with Crippen LogP contribution in [-0.4, -0.2) is 36.7 Å². The van der Waals surface area contributed by atoms with Crippen molar-refractivity contribution < 1.29 is 33.3 Å². The minimum Gasteiger partial charge on any atom is -0.459 e. The summed E-state index contributed by atoms with van der Waals surface area (Å²) < 4.78 is 21.8. The van der Waals surface area contributed by atoms with Crippen molar-refractivity contribution in [3.8, 4) is 22.6 Å². The molecule has 3 rings (SSSR count). The van der Waals surface area contributed by atoms with Gasteiger partial charge in [-0.25, -0.2) is 14.4 Å². The Morgan fingerprint density at radius 1 is 0.634 bits per heavy atom. The SMILES string of the molecule is CCCCCC[C@H](C)OC(=O)c1ccc(OC(=O)c2ccc(-c3ccc(OC(=O)[C@H](C)OCCC)cc3)cc2)cc1. The molecule has 3 aromatic carbocycles. The molecular formula is C34H40O7. The summed E-state index contributed by atoms with van der Waals surface area (Å²) in [5.41, 5.74) is 2.59. The molecule has 0 spiro atoms. The summed E-state index contributed by atoms with van der Waals surface area (Å²) in [5, 5.41) is 0. The first-order chi connectivity index (χ1) is 19.8. The molecule has 218 valence electrons. The monoisotopic (exact) mass is 560 g/mol. The van der Waals surface area contributed by atoms with Gasteiger partial charge in [-0.2, -0.15) is 0 Å². The fourth-order valence-electron chi connectivity index (χ4n) is 4.07. The van der Waals surface area contributed by atoms with Crippen LogP contribution in [0.2, 0.25) is 0 Å². The van der Waals surface area contributed by atoms with E-state index in [1.165, 1.54) is 12.8 Å². The highest BCUT2D eigenvalue weighted by molar-refractivity contribution is 5.92. The Balaban J connectivity index is 1.51. The molecule has 3 aromatic rings. The highest BCUT2D eigenvalue weighted by atomic mass is 16.6. The van der Waals surface area contributed by atoms with Crippen LogP contribution in [0.1, 0.15) is 86.9 Å². The lowest BCUT2D eigenvalue weighted by Gasteiger charge is -2.13. The van der Waals surface area contributed by atoms with Crippen molar-refractivity contribution in [2.75, 3.05) is 6.61 Å². The zero-order valence-corrected chi connectivity index (χ0v) is 24.4. The summed E-state index contributed by atoms with van der Waals surface area (Å²) in [4.78, 5) is 37.2. The molecule has 0 radical (unpaired) electrons. The van der Waals surface area contributed by atoms with Crippen molar-refractivity contribution in [1.82, 2.24) is 0 Å². The molecule has 41 heavy (non-hydrogen) atoms. The minimum atomic E-state index is -0.630. The number of benzene rings is 3. The van der Waals surface area contributed by atoms with Crippen LogP contribution >= 0.6 is 0 Å². The largest absolute Gasteiger partial charge is 0.459 e. The third kappa shape index (κ3) is 10.2. The number of hydrogen-bond donors (Lipinski definition) is 0. The lowest BCUT2D eigenvalue weighted by molar-refractivity contribution is -0.146. The molecule has 0 aliphatic rings. The van der Waals surface area contributed by atoms with E-state index in [-0.39, 0.29) is 12.1 Å². The second-order valence-electron chi connectivity index (χ2n) is 10.0. The summed E-state index contributed by atoms with van der Waals surface area (Å²) in [5.74, 6) is -0.561. The molecule has 7 nitrogen and oxygen atoms in total. The molecule has 0 bridgehead atoms. The average Bonchev–Trinajstić information content (AvgIpc) is 2.98. The van der Waals surface area contributed by atoms with Crippen LogP contribution in [0.5, 0.6) is 11.5 Å². The number of carbonyl (C=O) groups excluding carboxylic acids is 3. The summed E-state index contributed by atoms with van der Waals surface area (Å²) in [6.07, 6.45) is 5.43. The van der Waals surface area contributed by atoms with E-state index in [1.807, 2.05) is 38.1 Å². The second-order valence-corrected chi connectivity index (χ2v) is 10.0. The average molecular weight is 561 g/mol. The number of rotatable bonds is 15. The van der Waals surface area contributed by atoms with Crippen LogP contribution in [0.25, 0.3) is 11.1 Å². The van der Waals surface area contributed by atoms with Gasteiger partial charge < -0.3 is 18.9 Å². The Morgan fingerprint density at radius 3 is 1.78 bits per heavy atom. The Hall–Kier alpha value is -3.97. The van der Waals surface area contributed by atoms with Gasteiger partial charge in [0, 0.05) is 6.61 Å². The molecule has 0 heterocycles. The molecule has 0 aromatic heterocycles. The van der Waals surface area contributed by atoms with Gasteiger partial charge in [-0.3, -0.25) is 0 Å². The fourth-order valence-corrected chi connectivity index (χ4v) is 4.07. The van der Waals surface area contributed by atoms with Gasteiger partial charge in [0.25, 0.3) is 0 Å². The van der Waals surface area contributed by atoms with Gasteiger partial charge >= 0.3 is 17.9 Å². The highest BCUT2D eigenvalue weighted by Gasteiger charge is 2.16. The van der Waals surface area contributed by atoms with E-state index in [0.717, 1.165) is 36.8 Å². The number of carbonyl (C=O) groups is 3. The quantitative estimate of drug-likeness (QED) is 0.106. The third-order valence-electron chi connectivity index (χ3n) is 6.50. The molecule has 7 heteroatoms. The molecule has 0 aliphatic carbocycles. The number of ether oxygens (including phenoxy) is 4. The molecular weight excluding hydrogens is 520 g/mol. The Bertz CT molecular complexity index is 1250. The van der Waals surface area contributed by atoms with Crippen LogP contribution < -0.4 is 9.47 Å². The molecule has 0 unspecified atom stereocenters. The predicted molar refractivity (Wildman–Crippen MR) is 158 cm³/mol. The summed E-state index contributed by atoms with van der Waals surface area (Å²) in [7, 11) is 0. The minimum absolute atomic E-state index is 0.144. The van der Waals surface area contributed by atoms with Crippen molar-refractivity contribution in [1.29, 1.82) is 0 Å². The first kappa shape index (κ1) is 31.6. The van der Waals surface area contributed by atoms with Crippen LogP contribution in [-0.2, 0) is 14.3 Å². The van der Waals surface area contributed by atoms with Crippen LogP contribution in [0.15, 0.2) is 72.8 Å². The van der Waals surface area contributed by atoms with E-state index in [1.54, 1.807) is 55.5 Å². The van der Waals surface area contributed by atoms with E-state index in [2.05, 4.69) is 6.92 Å². The number of hydrogen-bond acceptors (Lipinski definition) is 7. The van der Waals surface area contributed by atoms with E-state index in [0.29, 0.717) is 29.2 Å². The van der Waals surface area contributed by atoms with Gasteiger partial charge in [-0.15, -0.1) is 0 Å². The summed E-state index contributed by atoms with van der Waals surface area (Å²) in [6.45, 7) is 8.21. The first-order valence-electron chi connectivity index (χ1n) is 14.4. The molecule has 0 saturated carbocycles. The Kier molecular flexibility index (Phi) is 12.6. The highest BCUT2D eigenvalue weighted by Crippen LogP contribution is 2.24. The zero-order valence-electron chi connectivity index (χ0n) is 24.4. The molecule has 0 fully saturated rings. The Morgan fingerprint density at radius 2 is 1.17 bits per heavy atom. The fraction of sp³-hybridized carbons (Fsp3) is 0.382. The van der Waals surface area contributed by atoms with Gasteiger partial charge in [0.05, 0.1) is 17.2 Å². The number of esters is 3. The summed E-state index contributed by atoms with van der Waals surface area (Å²) in [6, 6.07) is 20.5. The van der Waals surface area contributed by atoms with Gasteiger partial charge in [0.1, 0.15) is 11.5 Å². The maximum Gasteiger partial charge on any atom is 0.343 e. The Labute approximate surface area is 242 Å². The maximum atomic E-state index is 12.7. The maximum absolute atomic E-state index is 12.7. The lowest BCUT2D eigenvalue weighted by Crippen LogP contribution is -2.26. The zero-order chi connectivity index (χ0) is 29.6. The smallest absolute Gasteiger partial charge is 0.343 e. The predicted octanol–water partition coefficient (Wildman–Crippen LogP) is 7.81. The van der Waals surface area contributed by atoms with E-state index in [4.69, 9.17) is 18.9 Å². The van der Waals surface area contributed by atoms with Crippen molar-refractivity contribution in [2.24, 2.45) is 0 Å². The molecule has 2 atom stereocenters. The van der Waals surface area contributed by atoms with Gasteiger partial charge in [0.15, 0.2) is 6.10 Å². The third-order valence-corrected chi connectivity index (χ3v) is 6.50. The van der Waals surface area contributed by atoms with Crippen LogP contribution in [0.3, 0.4) is 0 Å². The van der Waals surface area contributed by atoms with Crippen molar-refractivity contribution in [3.63, 3.8) is 0 Å². The van der Waals surface area contributed by atoms with Crippen LogP contribution in [0, 0.1) is 0 Å². The van der Waals surface area contributed by atoms with E-state index >= 15 is 0 Å². The summed E-state index contributed by atoms with van der Waals surface area (Å²) >= 11 is 0. The van der Waals surface area contributed by atoms with E-state index in [9.17, 15) is 14.4 Å². The number of unbranched alkanes of at least 4 members (excludes halogenated alkanes) is 3. The van der Waals surface area contributed by atoms with Gasteiger partial charge in [-0.1, -0.05) is 57.4 Å². The normalized spacial score (nSPS) is 12.3. The van der Waals surface area contributed by atoms with E-state index < -0.39 is 18.0 Å².